The summed E-state index contributed by atoms with van der Waals surface area (Å²) in [6.07, 6.45) is 2.77. The van der Waals surface area contributed by atoms with Crippen molar-refractivity contribution in [1.82, 2.24) is 9.78 Å². The minimum Gasteiger partial charge on any atom is -0.369 e. The van der Waals surface area contributed by atoms with Crippen LogP contribution in [0.2, 0.25) is 0 Å². The van der Waals surface area contributed by atoms with Crippen LogP contribution >= 0.6 is 0 Å². The van der Waals surface area contributed by atoms with Crippen LogP contribution in [-0.2, 0) is 17.4 Å². The number of ether oxygens (including phenoxy) is 1. The lowest BCUT2D eigenvalue weighted by Gasteiger charge is -2.28. The van der Waals surface area contributed by atoms with Crippen LogP contribution in [-0.4, -0.2) is 16.4 Å². The van der Waals surface area contributed by atoms with Crippen molar-refractivity contribution < 1.29 is 4.74 Å². The summed E-state index contributed by atoms with van der Waals surface area (Å²) in [5, 5.41) is 4.15. The molecule has 0 fully saturated rings. The Morgan fingerprint density at radius 1 is 1.54 bits per heavy atom. The Hall–Kier alpha value is -0.830. The van der Waals surface area contributed by atoms with Crippen molar-refractivity contribution in [2.45, 2.75) is 32.8 Å². The Morgan fingerprint density at radius 2 is 2.23 bits per heavy atom. The second-order valence-electron chi connectivity index (χ2n) is 3.36. The van der Waals surface area contributed by atoms with E-state index in [1.54, 1.807) is 0 Å². The van der Waals surface area contributed by atoms with Gasteiger partial charge in [0.1, 0.15) is 5.60 Å². The third-order valence-electron chi connectivity index (χ3n) is 2.50. The maximum atomic E-state index is 5.74. The number of rotatable bonds is 4. The van der Waals surface area contributed by atoms with E-state index in [0.29, 0.717) is 0 Å². The number of aromatic nitrogens is 2. The van der Waals surface area contributed by atoms with E-state index in [9.17, 15) is 0 Å². The van der Waals surface area contributed by atoms with Gasteiger partial charge in [-0.25, -0.2) is 0 Å². The zero-order valence-corrected chi connectivity index (χ0v) is 8.87. The Labute approximate surface area is 79.7 Å². The minimum atomic E-state index is -0.194. The van der Waals surface area contributed by atoms with Crippen molar-refractivity contribution >= 4 is 0 Å². The summed E-state index contributed by atoms with van der Waals surface area (Å²) in [5.41, 5.74) is 0.942. The van der Waals surface area contributed by atoms with E-state index in [4.69, 9.17) is 4.74 Å². The van der Waals surface area contributed by atoms with Crippen molar-refractivity contribution in [3.63, 3.8) is 0 Å². The van der Waals surface area contributed by atoms with Gasteiger partial charge in [0.2, 0.25) is 0 Å². The van der Waals surface area contributed by atoms with Gasteiger partial charge in [-0.05, 0) is 26.3 Å². The summed E-state index contributed by atoms with van der Waals surface area (Å²) in [6.45, 7) is 6.98. The van der Waals surface area contributed by atoms with Crippen molar-refractivity contribution in [2.24, 2.45) is 7.05 Å². The van der Waals surface area contributed by atoms with Crippen molar-refractivity contribution in [3.8, 4) is 0 Å². The van der Waals surface area contributed by atoms with Gasteiger partial charge in [0.15, 0.2) is 0 Å². The van der Waals surface area contributed by atoms with E-state index in [0.717, 1.165) is 18.7 Å². The van der Waals surface area contributed by atoms with Gasteiger partial charge in [0, 0.05) is 19.9 Å². The van der Waals surface area contributed by atoms with Gasteiger partial charge in [0.05, 0.1) is 5.69 Å². The topological polar surface area (TPSA) is 27.1 Å². The number of hydrogen-bond donors (Lipinski definition) is 0. The van der Waals surface area contributed by atoms with E-state index < -0.39 is 0 Å². The Balaban J connectivity index is 2.95. The lowest BCUT2D eigenvalue weighted by atomic mass is 9.99. The fourth-order valence-corrected chi connectivity index (χ4v) is 1.57. The van der Waals surface area contributed by atoms with Gasteiger partial charge in [-0.3, -0.25) is 4.68 Å². The summed E-state index contributed by atoms with van der Waals surface area (Å²) in [4.78, 5) is 0. The summed E-state index contributed by atoms with van der Waals surface area (Å²) < 4.78 is 7.62. The van der Waals surface area contributed by atoms with E-state index in [2.05, 4.69) is 18.9 Å². The minimum absolute atomic E-state index is 0.194. The molecule has 0 bridgehead atoms. The van der Waals surface area contributed by atoms with Gasteiger partial charge < -0.3 is 4.74 Å². The van der Waals surface area contributed by atoms with Crippen molar-refractivity contribution in [3.05, 3.63) is 18.0 Å². The predicted octanol–water partition coefficient (Wildman–Crippen LogP) is 2.08. The molecule has 0 N–H and O–H groups in total. The van der Waals surface area contributed by atoms with E-state index in [-0.39, 0.29) is 5.60 Å². The molecular formula is C10H18N2O. The molecule has 1 unspecified atom stereocenters. The average molecular weight is 182 g/mol. The van der Waals surface area contributed by atoms with E-state index in [1.807, 2.05) is 30.9 Å². The SMILES string of the molecule is CCOC(C)(CC)c1ccnn1C. The van der Waals surface area contributed by atoms with Gasteiger partial charge in [-0.1, -0.05) is 6.92 Å². The van der Waals surface area contributed by atoms with E-state index in [1.165, 1.54) is 0 Å². The molecule has 0 aliphatic rings. The van der Waals surface area contributed by atoms with Gasteiger partial charge >= 0.3 is 0 Å². The molecule has 0 aliphatic heterocycles. The zero-order chi connectivity index (χ0) is 9.90. The number of nitrogens with zero attached hydrogens (tertiary/aromatic N) is 2. The van der Waals surface area contributed by atoms with Gasteiger partial charge in [-0.15, -0.1) is 0 Å². The fourth-order valence-electron chi connectivity index (χ4n) is 1.57. The lowest BCUT2D eigenvalue weighted by molar-refractivity contribution is -0.0381. The summed E-state index contributed by atoms with van der Waals surface area (Å²) in [5.74, 6) is 0. The van der Waals surface area contributed by atoms with Crippen molar-refractivity contribution in [2.75, 3.05) is 6.61 Å². The molecule has 1 heterocycles. The number of aryl methyl sites for hydroxylation is 1. The summed E-state index contributed by atoms with van der Waals surface area (Å²) >= 11 is 0. The maximum absolute atomic E-state index is 5.74. The third kappa shape index (κ3) is 1.91. The fraction of sp³-hybridized carbons (Fsp3) is 0.700. The Morgan fingerprint density at radius 3 is 2.62 bits per heavy atom. The van der Waals surface area contributed by atoms with Gasteiger partial charge in [-0.2, -0.15) is 5.10 Å². The average Bonchev–Trinajstić information content (AvgIpc) is 2.52. The highest BCUT2D eigenvalue weighted by Gasteiger charge is 2.27. The molecule has 1 aromatic heterocycles. The first kappa shape index (κ1) is 10.3. The maximum Gasteiger partial charge on any atom is 0.107 e. The molecule has 0 aromatic carbocycles. The molecule has 0 saturated heterocycles. The highest BCUT2D eigenvalue weighted by Crippen LogP contribution is 2.27. The molecule has 0 amide bonds. The van der Waals surface area contributed by atoms with Crippen LogP contribution in [0.4, 0.5) is 0 Å². The van der Waals surface area contributed by atoms with Crippen molar-refractivity contribution in [1.29, 1.82) is 0 Å². The second kappa shape index (κ2) is 3.92. The Bertz CT molecular complexity index is 270. The smallest absolute Gasteiger partial charge is 0.107 e. The standard InChI is InChI=1S/C10H18N2O/c1-5-10(3,13-6-2)9-7-8-11-12(9)4/h7-8H,5-6H2,1-4H3. The molecule has 74 valence electrons. The van der Waals surface area contributed by atoms with Crippen LogP contribution in [0.25, 0.3) is 0 Å². The van der Waals surface area contributed by atoms with Crippen LogP contribution < -0.4 is 0 Å². The largest absolute Gasteiger partial charge is 0.369 e. The molecule has 1 aromatic rings. The zero-order valence-electron chi connectivity index (χ0n) is 8.87. The molecule has 1 rings (SSSR count). The molecule has 0 radical (unpaired) electrons. The Kier molecular flexibility index (Phi) is 3.09. The molecule has 0 aliphatic carbocycles. The van der Waals surface area contributed by atoms with Crippen LogP contribution in [0.1, 0.15) is 32.9 Å². The molecule has 0 spiro atoms. The quantitative estimate of drug-likeness (QED) is 0.713. The molecule has 3 heteroatoms. The predicted molar refractivity (Wildman–Crippen MR) is 52.5 cm³/mol. The van der Waals surface area contributed by atoms with E-state index >= 15 is 0 Å². The normalized spacial score (nSPS) is 15.7. The van der Waals surface area contributed by atoms with Crippen LogP contribution in [0.5, 0.6) is 0 Å². The number of hydrogen-bond acceptors (Lipinski definition) is 2. The first-order valence-corrected chi connectivity index (χ1v) is 4.76. The molecular weight excluding hydrogens is 164 g/mol. The van der Waals surface area contributed by atoms with Gasteiger partial charge in [0.25, 0.3) is 0 Å². The van der Waals surface area contributed by atoms with Crippen LogP contribution in [0.15, 0.2) is 12.3 Å². The first-order chi connectivity index (χ1) is 6.14. The molecule has 0 saturated carbocycles. The second-order valence-corrected chi connectivity index (χ2v) is 3.36. The third-order valence-corrected chi connectivity index (χ3v) is 2.50. The summed E-state index contributed by atoms with van der Waals surface area (Å²) in [6, 6.07) is 2.01. The van der Waals surface area contributed by atoms with Crippen LogP contribution in [0, 0.1) is 0 Å². The highest BCUT2D eigenvalue weighted by atomic mass is 16.5. The summed E-state index contributed by atoms with van der Waals surface area (Å²) in [7, 11) is 1.95. The first-order valence-electron chi connectivity index (χ1n) is 4.76. The lowest BCUT2D eigenvalue weighted by Crippen LogP contribution is -2.27. The molecule has 13 heavy (non-hydrogen) atoms. The van der Waals surface area contributed by atoms with Crippen LogP contribution in [0.3, 0.4) is 0 Å². The molecule has 1 atom stereocenters. The highest BCUT2D eigenvalue weighted by molar-refractivity contribution is 5.10. The monoisotopic (exact) mass is 182 g/mol. The molecule has 3 nitrogen and oxygen atoms in total.